The Labute approximate surface area is 587 Å². The lowest BCUT2D eigenvalue weighted by molar-refractivity contribution is -0.432. The molecule has 0 aliphatic carbocycles. The smallest absolute Gasteiger partial charge is 0.297 e. The highest BCUT2D eigenvalue weighted by molar-refractivity contribution is 7.95. The molecule has 9 aromatic carbocycles. The normalized spacial score (nSPS) is 12.7. The third kappa shape index (κ3) is 16.1. The van der Waals surface area contributed by atoms with Gasteiger partial charge in [-0.05, 0) is 119 Å². The number of nitrogens with one attached hydrogen (secondary N) is 4. The second kappa shape index (κ2) is 28.4. The molecule has 40 nitrogen and oxygen atoms in total. The SMILES string of the molecule is O=S(=O)(O)c1cc(Nc2nc(Cl)nc(Nc3ccc(Nc4nc(Cl)nc(Nc5cc(SOOO)cc6cc(S(=O)(=O)O)c(N=Nc7ccc8c(S(=O)(=O)O)cccc8c7S(=O)(=O)O)c(O)c56)n4)cc3)n2)c2c(O)c(N=Nc3ccc4c(S(=O)(=O)O)cccc4c3S(=O)(=O)O)c(SOOO)cc2c1. The number of phenols is 2. The first-order valence-corrected chi connectivity index (χ1v) is 37.5. The van der Waals surface area contributed by atoms with Crippen LogP contribution in [-0.4, -0.2) is 128 Å². The number of rotatable bonds is 24. The molecule has 0 unspecified atom stereocenters. The predicted octanol–water partition coefficient (Wildman–Crippen LogP) is 11.5. The molecule has 2 aromatic heterocycles. The van der Waals surface area contributed by atoms with E-state index in [2.05, 4.69) is 90.4 Å². The van der Waals surface area contributed by atoms with Crippen LogP contribution in [0.15, 0.2) is 181 Å². The summed E-state index contributed by atoms with van der Waals surface area (Å²) in [6.07, 6.45) is 0. The van der Waals surface area contributed by atoms with Gasteiger partial charge < -0.3 is 31.5 Å². The van der Waals surface area contributed by atoms with Crippen LogP contribution in [0.2, 0.25) is 10.6 Å². The molecule has 0 aliphatic heterocycles. The lowest BCUT2D eigenvalue weighted by Crippen LogP contribution is -2.06. The molecule has 0 spiro atoms. The van der Waals surface area contributed by atoms with E-state index in [1.807, 2.05) is 0 Å². The highest BCUT2D eigenvalue weighted by Crippen LogP contribution is 2.50. The third-order valence-electron chi connectivity index (χ3n) is 13.7. The van der Waals surface area contributed by atoms with E-state index in [-0.39, 0.29) is 77.7 Å². The van der Waals surface area contributed by atoms with Crippen LogP contribution in [0.5, 0.6) is 11.5 Å². The number of hydrogen-bond donors (Lipinski definition) is 14. The molecule has 0 fully saturated rings. The Morgan fingerprint density at radius 2 is 0.824 bits per heavy atom. The predicted molar refractivity (Wildman–Crippen MR) is 357 cm³/mol. The maximum atomic E-state index is 12.9. The third-order valence-corrected chi connectivity index (χ3v) is 20.7. The lowest BCUT2D eigenvalue weighted by atomic mass is 10.1. The van der Waals surface area contributed by atoms with Gasteiger partial charge in [-0.15, -0.1) is 29.1 Å². The monoisotopic (exact) mass is 1600 g/mol. The van der Waals surface area contributed by atoms with Gasteiger partial charge in [-0.1, -0.05) is 46.5 Å². The highest BCUT2D eigenvalue weighted by atomic mass is 35.5. The number of nitrogens with zero attached hydrogens (tertiary/aromatic N) is 10. The quantitative estimate of drug-likeness (QED) is 0.00878. The number of phenolic OH excluding ortho intramolecular Hbond substituents is 2. The first-order chi connectivity index (χ1) is 47.9. The van der Waals surface area contributed by atoms with E-state index < -0.39 is 169 Å². The fourth-order valence-corrected chi connectivity index (χ4v) is 15.4. The average molecular weight is 1600 g/mol. The number of aromatic hydroxyl groups is 2. The van der Waals surface area contributed by atoms with Crippen molar-refractivity contribution >= 4 is 220 Å². The maximum Gasteiger partial charge on any atom is 0.297 e. The van der Waals surface area contributed by atoms with Gasteiger partial charge in [-0.25, -0.2) is 10.5 Å². The van der Waals surface area contributed by atoms with Gasteiger partial charge in [-0.2, -0.15) is 80.4 Å². The number of halogens is 2. The van der Waals surface area contributed by atoms with Gasteiger partial charge in [0.05, 0.1) is 45.3 Å². The number of aromatic nitrogens is 6. The van der Waals surface area contributed by atoms with Crippen molar-refractivity contribution in [2.75, 3.05) is 21.3 Å². The van der Waals surface area contributed by atoms with Gasteiger partial charge in [-0.3, -0.25) is 27.3 Å². The van der Waals surface area contributed by atoms with Crippen molar-refractivity contribution in [2.45, 2.75) is 39.2 Å². The van der Waals surface area contributed by atoms with Gasteiger partial charge in [0, 0.05) is 48.6 Å². The Kier molecular flexibility index (Phi) is 20.5. The molecule has 0 saturated heterocycles. The van der Waals surface area contributed by atoms with E-state index in [9.17, 15) is 88.0 Å². The molecule has 102 heavy (non-hydrogen) atoms. The molecule has 0 aliphatic rings. The second-order valence-corrected chi connectivity index (χ2v) is 30.6. The van der Waals surface area contributed by atoms with Gasteiger partial charge in [0.1, 0.15) is 47.2 Å². The van der Waals surface area contributed by atoms with Crippen LogP contribution in [0.25, 0.3) is 43.1 Å². The van der Waals surface area contributed by atoms with Crippen LogP contribution < -0.4 is 21.3 Å². The van der Waals surface area contributed by atoms with Crippen LogP contribution >= 0.6 is 47.3 Å². The number of azo groups is 2. The molecular weight excluding hydrogens is 1560 g/mol. The number of benzene rings is 9. The summed E-state index contributed by atoms with van der Waals surface area (Å²) in [5.41, 5.74) is -3.32. The van der Waals surface area contributed by atoms with Gasteiger partial charge in [0.2, 0.25) is 34.4 Å². The summed E-state index contributed by atoms with van der Waals surface area (Å²) in [5, 5.41) is 71.9. The molecular formula is C52H34Cl2N14O26S8. The minimum absolute atomic E-state index is 0.0210. The first kappa shape index (κ1) is 73.8. The summed E-state index contributed by atoms with van der Waals surface area (Å²) in [6.45, 7) is 0. The van der Waals surface area contributed by atoms with E-state index in [0.717, 1.165) is 91.0 Å². The number of anilines is 8. The van der Waals surface area contributed by atoms with Crippen molar-refractivity contribution in [3.63, 3.8) is 0 Å². The van der Waals surface area contributed by atoms with Gasteiger partial charge in [0.25, 0.3) is 60.7 Å². The van der Waals surface area contributed by atoms with Crippen LogP contribution in [0.3, 0.4) is 0 Å². The zero-order chi connectivity index (χ0) is 73.8. The Morgan fingerprint density at radius 1 is 0.402 bits per heavy atom. The van der Waals surface area contributed by atoms with Gasteiger partial charge >= 0.3 is 0 Å². The van der Waals surface area contributed by atoms with Crippen LogP contribution in [0.4, 0.5) is 69.3 Å². The Balaban J connectivity index is 0.889. The van der Waals surface area contributed by atoms with Gasteiger partial charge in [0.15, 0.2) is 11.5 Å². The average Bonchev–Trinajstić information content (AvgIpc) is 0.768. The molecule has 14 N–H and O–H groups in total. The molecule has 0 atom stereocenters. The number of fused-ring (bicyclic) bond motifs is 4. The van der Waals surface area contributed by atoms with Crippen molar-refractivity contribution < 1.29 is 117 Å². The molecule has 0 bridgehead atoms. The Morgan fingerprint density at radius 3 is 1.26 bits per heavy atom. The molecule has 530 valence electrons. The molecule has 0 radical (unpaired) electrons. The summed E-state index contributed by atoms with van der Waals surface area (Å²) in [4.78, 5) is 18.9. The van der Waals surface area contributed by atoms with E-state index in [1.54, 1.807) is 0 Å². The van der Waals surface area contributed by atoms with Crippen LogP contribution in [0.1, 0.15) is 0 Å². The summed E-state index contributed by atoms with van der Waals surface area (Å²) < 4.78 is 221. The zero-order valence-corrected chi connectivity index (χ0v) is 57.1. The Bertz CT molecular complexity index is 6150. The molecule has 11 aromatic rings. The van der Waals surface area contributed by atoms with E-state index in [0.29, 0.717) is 12.0 Å². The maximum absolute atomic E-state index is 12.9. The molecule has 50 heteroatoms. The molecule has 2 heterocycles. The Hall–Kier alpha value is -9.46. The standard InChI is InChI=1S/C52H34Cl2N14O26S8/c53-47-59-49(63-51(61-47)57-33-19-25(95-93-91-71)15-21-18-38(100(82,83)84)42(44(70)39(21)33)68-66-32-14-12-28-30(46(32)102(88,89)90)4-2-6-37(28)99(79,80)81)55-23-7-9-24(10-8-23)56-50-60-48(54)62-52(64-50)58-34-20-26(97(73,74)75)16-22-17-35(96-94-92-72)41(43(69)40(22)34)67-65-31-13-11-27-29(45(31)101(85,86)87)3-1-5-36(27)98(76,77)78/h1-20,69-72H,(H,73,74,75)(H,76,77,78)(H,79,80,81)(H,82,83,84)(H,85,86,87)(H,88,89,90)(H2,55,57,59,61,63)(H2,56,58,60,62,64). The molecule has 0 amide bonds. The lowest BCUT2D eigenvalue weighted by Gasteiger charge is -2.16. The van der Waals surface area contributed by atoms with Crippen molar-refractivity contribution in [1.82, 2.24) is 29.9 Å². The summed E-state index contributed by atoms with van der Waals surface area (Å²) >= 11 is 13.2. The number of hydrogen-bond acceptors (Lipinski definition) is 36. The van der Waals surface area contributed by atoms with Crippen LogP contribution in [0, 0.1) is 0 Å². The van der Waals surface area contributed by atoms with Crippen molar-refractivity contribution in [3.8, 4) is 11.5 Å². The van der Waals surface area contributed by atoms with Crippen molar-refractivity contribution in [1.29, 1.82) is 0 Å². The van der Waals surface area contributed by atoms with Crippen molar-refractivity contribution in [3.05, 3.63) is 132 Å². The minimum Gasteiger partial charge on any atom is -0.505 e. The second-order valence-electron chi connectivity index (χ2n) is 20.1. The largest absolute Gasteiger partial charge is 0.505 e. The highest BCUT2D eigenvalue weighted by Gasteiger charge is 2.30. The minimum atomic E-state index is -5.41. The zero-order valence-electron chi connectivity index (χ0n) is 49.0. The van der Waals surface area contributed by atoms with E-state index >= 15 is 0 Å². The summed E-state index contributed by atoms with van der Waals surface area (Å²) in [5.74, 6) is -3.45. The molecule has 11 rings (SSSR count). The topological polar surface area (TPSA) is 619 Å². The van der Waals surface area contributed by atoms with E-state index in [1.165, 1.54) is 30.3 Å². The fraction of sp³-hybridized carbons (Fsp3) is 0. The first-order valence-electron chi connectivity index (χ1n) is 26.7. The molecule has 0 saturated carbocycles. The van der Waals surface area contributed by atoms with Crippen LogP contribution in [-0.2, 0) is 79.5 Å². The van der Waals surface area contributed by atoms with Crippen molar-refractivity contribution in [2.24, 2.45) is 20.5 Å². The fourth-order valence-electron chi connectivity index (χ4n) is 9.87. The summed E-state index contributed by atoms with van der Waals surface area (Å²) in [6, 6.07) is 21.5. The summed E-state index contributed by atoms with van der Waals surface area (Å²) in [7, 11) is -31.1. The van der Waals surface area contributed by atoms with E-state index in [4.69, 9.17) is 33.7 Å².